The van der Waals surface area contributed by atoms with Crippen molar-refractivity contribution in [1.82, 2.24) is 25.3 Å². The van der Waals surface area contributed by atoms with Gasteiger partial charge in [0.25, 0.3) is 5.91 Å². The van der Waals surface area contributed by atoms with Gasteiger partial charge in [0.05, 0.1) is 16.3 Å². The molecule has 0 atom stereocenters. The molecule has 2 amide bonds. The first-order valence-corrected chi connectivity index (χ1v) is 12.0. The molecule has 10 nitrogen and oxygen atoms in total. The second-order valence-corrected chi connectivity index (χ2v) is 9.30. The summed E-state index contributed by atoms with van der Waals surface area (Å²) in [4.78, 5) is 35.5. The predicted molar refractivity (Wildman–Crippen MR) is 139 cm³/mol. The Kier molecular flexibility index (Phi) is 10.1. The van der Waals surface area contributed by atoms with Gasteiger partial charge in [-0.3, -0.25) is 9.59 Å². The van der Waals surface area contributed by atoms with E-state index in [1.54, 1.807) is 38.5 Å². The van der Waals surface area contributed by atoms with Crippen molar-refractivity contribution in [3.05, 3.63) is 85.7 Å². The van der Waals surface area contributed by atoms with Crippen molar-refractivity contribution in [1.29, 1.82) is 0 Å². The predicted octanol–water partition coefficient (Wildman–Crippen LogP) is 5.28. The molecule has 0 unspecified atom stereocenters. The first-order valence-electron chi connectivity index (χ1n) is 10.00. The fraction of sp³-hybridized carbons (Fsp3) is 0.0909. The molecule has 0 aliphatic heterocycles. The molecule has 36 heavy (non-hydrogen) atoms. The molecule has 0 saturated carbocycles. The number of fused-ring (bicyclic) bond motifs is 1. The maximum atomic E-state index is 13.4. The van der Waals surface area contributed by atoms with Crippen molar-refractivity contribution in [2.75, 3.05) is 19.4 Å². The monoisotopic (exact) mass is 709 g/mol. The molecule has 2 aromatic carbocycles. The molecule has 2 aromatic heterocycles. The quantitative estimate of drug-likeness (QED) is 0.253. The number of hydroxylamine groups is 2. The van der Waals surface area contributed by atoms with Crippen LogP contribution in [0.5, 0.6) is 0 Å². The number of carbonyl (C=O) groups excluding carboxylic acids is 2. The van der Waals surface area contributed by atoms with Crippen molar-refractivity contribution in [3.8, 4) is 5.82 Å². The van der Waals surface area contributed by atoms with Gasteiger partial charge in [0.15, 0.2) is 5.82 Å². The molecule has 2 heterocycles. The summed E-state index contributed by atoms with van der Waals surface area (Å²) < 4.78 is 2.24. The smallest absolute Gasteiger partial charge is 0.274 e. The molecule has 0 saturated heterocycles. The SMILES string of the molecule is CN(C)O[N-]NC(=O)c1cc2ccccc2c(Br)c1NC(=O)c1cc(Br)nn1-c1ncccc1Cl.[Y]. The van der Waals surface area contributed by atoms with Gasteiger partial charge in [-0.05, 0) is 60.8 Å². The number of carbonyl (C=O) groups is 2. The third kappa shape index (κ3) is 6.37. The average molecular weight is 712 g/mol. The van der Waals surface area contributed by atoms with Crippen LogP contribution in [0.3, 0.4) is 0 Å². The minimum absolute atomic E-state index is 0. The van der Waals surface area contributed by atoms with E-state index < -0.39 is 11.8 Å². The van der Waals surface area contributed by atoms with Crippen LogP contribution < -0.4 is 10.7 Å². The van der Waals surface area contributed by atoms with E-state index in [-0.39, 0.29) is 55.5 Å². The number of hydrogen-bond acceptors (Lipinski definition) is 6. The van der Waals surface area contributed by atoms with Gasteiger partial charge < -0.3 is 21.3 Å². The van der Waals surface area contributed by atoms with Crippen LogP contribution in [-0.4, -0.2) is 45.7 Å². The van der Waals surface area contributed by atoms with Gasteiger partial charge in [0, 0.05) is 63.5 Å². The third-order valence-electron chi connectivity index (χ3n) is 4.67. The Hall–Kier alpha value is -1.77. The Bertz CT molecular complexity index is 1430. The van der Waals surface area contributed by atoms with Crippen molar-refractivity contribution in [2.24, 2.45) is 0 Å². The number of amides is 2. The summed E-state index contributed by atoms with van der Waals surface area (Å²) in [5.41, 5.74) is 6.42. The zero-order chi connectivity index (χ0) is 25.1. The van der Waals surface area contributed by atoms with E-state index in [0.717, 1.165) is 10.8 Å². The van der Waals surface area contributed by atoms with Gasteiger partial charge in [-0.1, -0.05) is 35.9 Å². The van der Waals surface area contributed by atoms with Crippen LogP contribution in [0.15, 0.2) is 63.8 Å². The van der Waals surface area contributed by atoms with E-state index in [1.807, 2.05) is 24.3 Å². The van der Waals surface area contributed by atoms with E-state index in [0.29, 0.717) is 14.1 Å². The largest absolute Gasteiger partial charge is 0.427 e. The molecule has 0 aliphatic rings. The Labute approximate surface area is 253 Å². The zero-order valence-corrected chi connectivity index (χ0v) is 25.6. The molecular formula is C22H17Br2ClN7O3Y-. The summed E-state index contributed by atoms with van der Waals surface area (Å²) in [6.07, 6.45) is 1.54. The summed E-state index contributed by atoms with van der Waals surface area (Å²) in [5, 5.41) is 10.3. The first kappa shape index (κ1) is 28.8. The Morgan fingerprint density at radius 1 is 1.11 bits per heavy atom. The number of anilines is 1. The maximum Gasteiger partial charge on any atom is 0.274 e. The van der Waals surface area contributed by atoms with Gasteiger partial charge in [-0.25, -0.2) is 14.7 Å². The fourth-order valence-corrected chi connectivity index (χ4v) is 4.45. The van der Waals surface area contributed by atoms with Crippen LogP contribution in [-0.2, 0) is 37.6 Å². The van der Waals surface area contributed by atoms with Crippen LogP contribution in [0.25, 0.3) is 22.2 Å². The van der Waals surface area contributed by atoms with Gasteiger partial charge in [-0.15, -0.1) is 0 Å². The van der Waals surface area contributed by atoms with Crippen LogP contribution in [0.4, 0.5) is 5.69 Å². The summed E-state index contributed by atoms with van der Waals surface area (Å²) in [6, 6.07) is 13.9. The third-order valence-corrected chi connectivity index (χ3v) is 6.18. The molecule has 4 rings (SSSR count). The Balaban J connectivity index is 0.00000361. The molecule has 4 aromatic rings. The molecule has 0 fully saturated rings. The van der Waals surface area contributed by atoms with Crippen molar-refractivity contribution in [3.63, 3.8) is 0 Å². The second kappa shape index (κ2) is 12.7. The number of aromatic nitrogens is 3. The van der Waals surface area contributed by atoms with E-state index in [2.05, 4.69) is 58.3 Å². The molecule has 0 spiro atoms. The normalized spacial score (nSPS) is 10.8. The number of pyridine rings is 1. The number of halogens is 3. The van der Waals surface area contributed by atoms with Crippen molar-refractivity contribution >= 4 is 71.7 Å². The summed E-state index contributed by atoms with van der Waals surface area (Å²) in [5.74, 6) is -0.854. The number of hydrogen-bond donors (Lipinski definition) is 2. The fourth-order valence-electron chi connectivity index (χ4n) is 3.19. The molecule has 0 bridgehead atoms. The van der Waals surface area contributed by atoms with E-state index in [9.17, 15) is 9.59 Å². The number of nitrogens with zero attached hydrogens (tertiary/aromatic N) is 5. The summed E-state index contributed by atoms with van der Waals surface area (Å²) in [6.45, 7) is 0. The Morgan fingerprint density at radius 2 is 1.86 bits per heavy atom. The first-order chi connectivity index (χ1) is 16.8. The minimum atomic E-state index is -0.587. The molecule has 14 heteroatoms. The summed E-state index contributed by atoms with van der Waals surface area (Å²) >= 11 is 13.1. The van der Waals surface area contributed by atoms with Crippen LogP contribution in [0.1, 0.15) is 20.8 Å². The van der Waals surface area contributed by atoms with Gasteiger partial charge in [0.2, 0.25) is 5.91 Å². The molecule has 0 aliphatic carbocycles. The van der Waals surface area contributed by atoms with Crippen molar-refractivity contribution in [2.45, 2.75) is 0 Å². The topological polar surface area (TPSA) is 115 Å². The van der Waals surface area contributed by atoms with E-state index in [1.165, 1.54) is 15.8 Å². The average Bonchev–Trinajstić information content (AvgIpc) is 3.22. The van der Waals surface area contributed by atoms with Crippen LogP contribution in [0, 0.1) is 0 Å². The van der Waals surface area contributed by atoms with E-state index in [4.69, 9.17) is 16.5 Å². The van der Waals surface area contributed by atoms with Gasteiger partial charge in [-0.2, -0.15) is 5.10 Å². The number of benzene rings is 2. The molecule has 1 radical (unpaired) electrons. The minimum Gasteiger partial charge on any atom is -0.427 e. The second-order valence-electron chi connectivity index (χ2n) is 7.29. The van der Waals surface area contributed by atoms with Gasteiger partial charge >= 0.3 is 0 Å². The summed E-state index contributed by atoms with van der Waals surface area (Å²) in [7, 11) is 3.23. The van der Waals surface area contributed by atoms with Crippen LogP contribution in [0.2, 0.25) is 5.02 Å². The van der Waals surface area contributed by atoms with E-state index >= 15 is 0 Å². The molecular weight excluding hydrogens is 694 g/mol. The number of rotatable bonds is 7. The molecule has 2 N–H and O–H groups in total. The standard InChI is InChI=1S/C22H18Br2ClN7O3.Y/c1-31(2)35-30-28-21(33)14-10-12-6-3-4-7-13(12)18(24)19(14)27-22(34)16-11-17(23)29-32(16)20-15(25)8-5-9-26-20;/h3-11H,1-2H3,(H3,27,28,29,30,33,34);/p-1. The number of nitrogens with one attached hydrogen (secondary N) is 2. The van der Waals surface area contributed by atoms with Crippen molar-refractivity contribution < 1.29 is 47.2 Å². The van der Waals surface area contributed by atoms with Crippen LogP contribution >= 0.6 is 43.5 Å². The molecule has 183 valence electrons. The zero-order valence-electron chi connectivity index (χ0n) is 18.9. The van der Waals surface area contributed by atoms with Gasteiger partial charge in [0.1, 0.15) is 10.3 Å². The Morgan fingerprint density at radius 3 is 2.58 bits per heavy atom. The maximum absolute atomic E-state index is 13.4.